The fourth-order valence-electron chi connectivity index (χ4n) is 1.34. The van der Waals surface area contributed by atoms with Gasteiger partial charge in [-0.3, -0.25) is 10.2 Å². The second-order valence-electron chi connectivity index (χ2n) is 3.51. The lowest BCUT2D eigenvalue weighted by Gasteiger charge is -2.01. The number of carbonyl (C=O) groups excluding carboxylic acids is 1. The van der Waals surface area contributed by atoms with Crippen LogP contribution in [-0.4, -0.2) is 12.3 Å². The zero-order valence-electron chi connectivity index (χ0n) is 9.61. The second-order valence-corrected chi connectivity index (χ2v) is 3.51. The normalized spacial score (nSPS) is 10.2. The van der Waals surface area contributed by atoms with Gasteiger partial charge < -0.3 is 0 Å². The summed E-state index contributed by atoms with van der Waals surface area (Å²) in [6.45, 7) is 0. The first-order chi connectivity index (χ1) is 8.84. The molecular formula is C14H12N2O2. The fourth-order valence-corrected chi connectivity index (χ4v) is 1.34. The topological polar surface area (TPSA) is 50.7 Å². The van der Waals surface area contributed by atoms with Gasteiger partial charge in [0, 0.05) is 5.69 Å². The number of nitrogens with one attached hydrogen (secondary N) is 1. The summed E-state index contributed by atoms with van der Waals surface area (Å²) in [4.78, 5) is 16.0. The van der Waals surface area contributed by atoms with Crippen molar-refractivity contribution >= 4 is 18.0 Å². The Morgan fingerprint density at radius 2 is 1.61 bits per heavy atom. The lowest BCUT2D eigenvalue weighted by Crippen LogP contribution is -2.10. The van der Waals surface area contributed by atoms with Crippen molar-refractivity contribution < 1.29 is 9.63 Å². The predicted octanol–water partition coefficient (Wildman–Crippen LogP) is 3.27. The van der Waals surface area contributed by atoms with Gasteiger partial charge in [-0.25, -0.2) is 4.79 Å². The van der Waals surface area contributed by atoms with Crippen molar-refractivity contribution in [2.75, 3.05) is 5.32 Å². The third kappa shape index (κ3) is 3.75. The first-order valence-corrected chi connectivity index (χ1v) is 5.46. The molecule has 0 bridgehead atoms. The summed E-state index contributed by atoms with van der Waals surface area (Å²) >= 11 is 0. The standard InChI is InChI=1S/C14H12N2O2/c17-14(16-13-9-5-2-6-10-13)18-15-11-12-7-3-1-4-8-12/h1-11H,(H,16,17). The maximum atomic E-state index is 11.4. The summed E-state index contributed by atoms with van der Waals surface area (Å²) in [6.07, 6.45) is 0.860. The average molecular weight is 240 g/mol. The van der Waals surface area contributed by atoms with Crippen LogP contribution in [0.3, 0.4) is 0 Å². The number of anilines is 1. The molecule has 0 atom stereocenters. The number of hydrogen-bond donors (Lipinski definition) is 1. The van der Waals surface area contributed by atoms with Crippen LogP contribution in [-0.2, 0) is 4.84 Å². The molecular weight excluding hydrogens is 228 g/mol. The van der Waals surface area contributed by atoms with Gasteiger partial charge in [-0.1, -0.05) is 53.7 Å². The molecule has 0 fully saturated rings. The second kappa shape index (κ2) is 6.20. The minimum atomic E-state index is -0.617. The number of rotatable bonds is 3. The number of oxime groups is 1. The van der Waals surface area contributed by atoms with Gasteiger partial charge in [-0.15, -0.1) is 0 Å². The fraction of sp³-hybridized carbons (Fsp3) is 0. The summed E-state index contributed by atoms with van der Waals surface area (Å²) in [5, 5.41) is 6.15. The van der Waals surface area contributed by atoms with E-state index in [4.69, 9.17) is 0 Å². The molecule has 0 aliphatic rings. The van der Waals surface area contributed by atoms with Crippen LogP contribution in [0, 0.1) is 0 Å². The third-order valence-corrected chi connectivity index (χ3v) is 2.16. The lowest BCUT2D eigenvalue weighted by atomic mass is 10.2. The molecule has 90 valence electrons. The van der Waals surface area contributed by atoms with Crippen molar-refractivity contribution in [1.82, 2.24) is 0 Å². The van der Waals surface area contributed by atoms with Crippen LogP contribution in [0.25, 0.3) is 0 Å². The maximum absolute atomic E-state index is 11.4. The van der Waals surface area contributed by atoms with Gasteiger partial charge in [-0.05, 0) is 17.7 Å². The number of nitrogens with zero attached hydrogens (tertiary/aromatic N) is 1. The highest BCUT2D eigenvalue weighted by Gasteiger charge is 2.00. The van der Waals surface area contributed by atoms with Crippen molar-refractivity contribution in [3.05, 3.63) is 66.2 Å². The molecule has 0 radical (unpaired) electrons. The lowest BCUT2D eigenvalue weighted by molar-refractivity contribution is 0.167. The summed E-state index contributed by atoms with van der Waals surface area (Å²) in [7, 11) is 0. The first kappa shape index (κ1) is 11.9. The highest BCUT2D eigenvalue weighted by molar-refractivity contribution is 5.85. The molecule has 2 rings (SSSR count). The van der Waals surface area contributed by atoms with Gasteiger partial charge in [0.15, 0.2) is 0 Å². The van der Waals surface area contributed by atoms with Crippen molar-refractivity contribution in [2.45, 2.75) is 0 Å². The van der Waals surface area contributed by atoms with Crippen LogP contribution in [0.4, 0.5) is 10.5 Å². The predicted molar refractivity (Wildman–Crippen MR) is 70.6 cm³/mol. The molecule has 0 aliphatic carbocycles. The number of amides is 1. The van der Waals surface area contributed by atoms with E-state index in [0.717, 1.165) is 5.56 Å². The molecule has 2 aromatic carbocycles. The number of para-hydroxylation sites is 1. The van der Waals surface area contributed by atoms with Crippen LogP contribution >= 0.6 is 0 Å². The Bertz CT molecular complexity index is 524. The first-order valence-electron chi connectivity index (χ1n) is 5.46. The van der Waals surface area contributed by atoms with Crippen LogP contribution in [0.1, 0.15) is 5.56 Å². The minimum Gasteiger partial charge on any atom is -0.298 e. The van der Waals surface area contributed by atoms with Gasteiger partial charge in [0.2, 0.25) is 0 Å². The van der Waals surface area contributed by atoms with E-state index in [0.29, 0.717) is 5.69 Å². The van der Waals surface area contributed by atoms with E-state index < -0.39 is 6.09 Å². The largest absolute Gasteiger partial charge is 0.437 e. The number of benzene rings is 2. The highest BCUT2D eigenvalue weighted by Crippen LogP contribution is 2.05. The highest BCUT2D eigenvalue weighted by atomic mass is 16.7. The molecule has 0 aromatic heterocycles. The van der Waals surface area contributed by atoms with Gasteiger partial charge in [0.25, 0.3) is 0 Å². The Morgan fingerprint density at radius 1 is 1.00 bits per heavy atom. The molecule has 0 unspecified atom stereocenters. The van der Waals surface area contributed by atoms with E-state index >= 15 is 0 Å². The maximum Gasteiger partial charge on any atom is 0.437 e. The number of hydrogen-bond acceptors (Lipinski definition) is 3. The van der Waals surface area contributed by atoms with E-state index in [1.807, 2.05) is 48.5 Å². The molecule has 1 N–H and O–H groups in total. The summed E-state index contributed by atoms with van der Waals surface area (Å²) in [6, 6.07) is 18.4. The van der Waals surface area contributed by atoms with Gasteiger partial charge >= 0.3 is 6.09 Å². The molecule has 0 spiro atoms. The van der Waals surface area contributed by atoms with E-state index in [-0.39, 0.29) is 0 Å². The van der Waals surface area contributed by atoms with Gasteiger partial charge in [0.1, 0.15) is 0 Å². The Balaban J connectivity index is 1.84. The summed E-state index contributed by atoms with van der Waals surface area (Å²) in [5.74, 6) is 0. The summed E-state index contributed by atoms with van der Waals surface area (Å²) in [5.41, 5.74) is 1.53. The summed E-state index contributed by atoms with van der Waals surface area (Å²) < 4.78 is 0. The van der Waals surface area contributed by atoms with Crippen LogP contribution in [0.5, 0.6) is 0 Å². The van der Waals surface area contributed by atoms with E-state index in [1.54, 1.807) is 12.1 Å². The molecule has 0 heterocycles. The van der Waals surface area contributed by atoms with Crippen molar-refractivity contribution in [3.8, 4) is 0 Å². The molecule has 0 aliphatic heterocycles. The van der Waals surface area contributed by atoms with Crippen LogP contribution in [0.15, 0.2) is 65.8 Å². The van der Waals surface area contributed by atoms with Crippen molar-refractivity contribution in [3.63, 3.8) is 0 Å². The Kier molecular flexibility index (Phi) is 4.08. The van der Waals surface area contributed by atoms with Crippen molar-refractivity contribution in [1.29, 1.82) is 0 Å². The number of carbonyl (C=O) groups is 1. The SMILES string of the molecule is O=C(Nc1ccccc1)ON=Cc1ccccc1. The van der Waals surface area contributed by atoms with Gasteiger partial charge in [0.05, 0.1) is 6.21 Å². The van der Waals surface area contributed by atoms with Gasteiger partial charge in [-0.2, -0.15) is 0 Å². The molecule has 1 amide bonds. The molecule has 18 heavy (non-hydrogen) atoms. The zero-order valence-corrected chi connectivity index (χ0v) is 9.61. The average Bonchev–Trinajstić information content (AvgIpc) is 2.41. The molecule has 4 heteroatoms. The minimum absolute atomic E-state index is 0.617. The Labute approximate surface area is 105 Å². The van der Waals surface area contributed by atoms with E-state index in [9.17, 15) is 4.79 Å². The smallest absolute Gasteiger partial charge is 0.298 e. The van der Waals surface area contributed by atoms with Crippen LogP contribution < -0.4 is 5.32 Å². The Morgan fingerprint density at radius 3 is 2.28 bits per heavy atom. The zero-order chi connectivity index (χ0) is 12.6. The molecule has 4 nitrogen and oxygen atoms in total. The third-order valence-electron chi connectivity index (χ3n) is 2.16. The van der Waals surface area contributed by atoms with Crippen molar-refractivity contribution in [2.24, 2.45) is 5.16 Å². The molecule has 0 saturated carbocycles. The van der Waals surface area contributed by atoms with Crippen LogP contribution in [0.2, 0.25) is 0 Å². The monoisotopic (exact) mass is 240 g/mol. The van der Waals surface area contributed by atoms with E-state index in [1.165, 1.54) is 6.21 Å². The van der Waals surface area contributed by atoms with E-state index in [2.05, 4.69) is 15.3 Å². The molecule has 0 saturated heterocycles. The molecule has 2 aromatic rings. The Hall–Kier alpha value is -2.62. The quantitative estimate of drug-likeness (QED) is 0.508.